The lowest BCUT2D eigenvalue weighted by molar-refractivity contribution is 0.227. The second kappa shape index (κ2) is 4.78. The first-order valence-corrected chi connectivity index (χ1v) is 4.36. The van der Waals surface area contributed by atoms with E-state index in [-0.39, 0.29) is 0 Å². The van der Waals surface area contributed by atoms with Crippen LogP contribution in [0.25, 0.3) is 0 Å². The molecule has 0 saturated heterocycles. The largest absolute Gasteiger partial charge is 0.298 e. The molecule has 1 unspecified atom stereocenters. The third kappa shape index (κ3) is 4.44. The number of nitrogens with zero attached hydrogens (tertiary/aromatic N) is 1. The first-order valence-electron chi connectivity index (χ1n) is 3.98. The molecule has 0 aromatic rings. The summed E-state index contributed by atoms with van der Waals surface area (Å²) in [4.78, 5) is 2.21. The van der Waals surface area contributed by atoms with Crippen LogP contribution in [0, 0.1) is 5.92 Å². The molecule has 2 heteroatoms. The van der Waals surface area contributed by atoms with Crippen molar-refractivity contribution in [2.45, 2.75) is 26.8 Å². The zero-order chi connectivity index (χ0) is 9.02. The van der Waals surface area contributed by atoms with E-state index >= 15 is 0 Å². The lowest BCUT2D eigenvalue weighted by Crippen LogP contribution is -2.33. The summed E-state index contributed by atoms with van der Waals surface area (Å²) in [5, 5.41) is 0.708. The van der Waals surface area contributed by atoms with Crippen molar-refractivity contribution in [3.63, 3.8) is 0 Å². The van der Waals surface area contributed by atoms with Crippen LogP contribution in [0.1, 0.15) is 20.8 Å². The van der Waals surface area contributed by atoms with Gasteiger partial charge in [-0.25, -0.2) is 0 Å². The van der Waals surface area contributed by atoms with Gasteiger partial charge < -0.3 is 0 Å². The van der Waals surface area contributed by atoms with E-state index in [1.807, 2.05) is 0 Å². The van der Waals surface area contributed by atoms with E-state index in [2.05, 4.69) is 39.3 Å². The van der Waals surface area contributed by atoms with Crippen molar-refractivity contribution in [2.24, 2.45) is 5.92 Å². The fraction of sp³-hybridized carbons (Fsp3) is 0.778. The zero-order valence-electron chi connectivity index (χ0n) is 7.89. The highest BCUT2D eigenvalue weighted by molar-refractivity contribution is 6.29. The highest BCUT2D eigenvalue weighted by Crippen LogP contribution is 2.10. The molecule has 0 fully saturated rings. The van der Waals surface area contributed by atoms with Gasteiger partial charge in [0, 0.05) is 17.6 Å². The summed E-state index contributed by atoms with van der Waals surface area (Å²) in [6.45, 7) is 11.1. The summed E-state index contributed by atoms with van der Waals surface area (Å²) in [6, 6.07) is 0.561. The van der Waals surface area contributed by atoms with Crippen LogP contribution in [0.4, 0.5) is 0 Å². The lowest BCUT2D eigenvalue weighted by Gasteiger charge is -2.27. The topological polar surface area (TPSA) is 3.24 Å². The van der Waals surface area contributed by atoms with Crippen molar-refractivity contribution >= 4 is 11.6 Å². The van der Waals surface area contributed by atoms with Crippen molar-refractivity contribution in [3.8, 4) is 0 Å². The summed E-state index contributed by atoms with van der Waals surface area (Å²) >= 11 is 5.69. The third-order valence-corrected chi connectivity index (χ3v) is 2.20. The monoisotopic (exact) mass is 175 g/mol. The maximum absolute atomic E-state index is 5.69. The molecule has 0 radical (unpaired) electrons. The Morgan fingerprint density at radius 2 is 1.91 bits per heavy atom. The molecule has 0 aliphatic heterocycles. The summed E-state index contributed by atoms with van der Waals surface area (Å²) in [7, 11) is 2.07. The molecule has 0 bridgehead atoms. The minimum atomic E-state index is 0.561. The van der Waals surface area contributed by atoms with Gasteiger partial charge in [0.1, 0.15) is 0 Å². The molecule has 66 valence electrons. The van der Waals surface area contributed by atoms with Crippen LogP contribution >= 0.6 is 11.6 Å². The Labute approximate surface area is 75.0 Å². The van der Waals surface area contributed by atoms with Crippen LogP contribution in [0.3, 0.4) is 0 Å². The maximum Gasteiger partial charge on any atom is 0.0335 e. The quantitative estimate of drug-likeness (QED) is 0.635. The Hall–Kier alpha value is -0.0100. The molecule has 0 aliphatic rings. The molecule has 0 aromatic carbocycles. The molecule has 0 N–H and O–H groups in total. The van der Waals surface area contributed by atoms with Crippen LogP contribution in [-0.4, -0.2) is 24.5 Å². The molecule has 0 rings (SSSR count). The van der Waals surface area contributed by atoms with Crippen molar-refractivity contribution in [2.75, 3.05) is 13.6 Å². The first kappa shape index (κ1) is 11.0. The molecule has 0 heterocycles. The van der Waals surface area contributed by atoms with Gasteiger partial charge >= 0.3 is 0 Å². The van der Waals surface area contributed by atoms with Gasteiger partial charge in [0.2, 0.25) is 0 Å². The molecule has 0 aliphatic carbocycles. The fourth-order valence-corrected chi connectivity index (χ4v) is 1.11. The number of rotatable bonds is 4. The van der Waals surface area contributed by atoms with E-state index in [0.717, 1.165) is 6.54 Å². The van der Waals surface area contributed by atoms with Crippen LogP contribution in [-0.2, 0) is 0 Å². The van der Waals surface area contributed by atoms with Crippen molar-refractivity contribution < 1.29 is 0 Å². The number of likely N-dealkylation sites (N-methyl/N-ethyl adjacent to an activating group) is 1. The Kier molecular flexibility index (Phi) is 4.78. The predicted molar refractivity (Wildman–Crippen MR) is 51.9 cm³/mol. The molecular formula is C9H18ClN. The summed E-state index contributed by atoms with van der Waals surface area (Å²) in [5.74, 6) is 0.663. The van der Waals surface area contributed by atoms with E-state index in [4.69, 9.17) is 11.6 Å². The van der Waals surface area contributed by atoms with Crippen LogP contribution in [0.15, 0.2) is 11.6 Å². The second-order valence-corrected chi connectivity index (χ2v) is 3.95. The molecule has 1 nitrogen and oxygen atoms in total. The van der Waals surface area contributed by atoms with Gasteiger partial charge in [0.25, 0.3) is 0 Å². The molecule has 0 saturated carbocycles. The third-order valence-electron chi connectivity index (χ3n) is 2.08. The molecule has 0 aromatic heterocycles. The van der Waals surface area contributed by atoms with Gasteiger partial charge in [0.05, 0.1) is 0 Å². The molecule has 0 amide bonds. The molecule has 0 spiro atoms. The average Bonchev–Trinajstić information content (AvgIpc) is 1.84. The Morgan fingerprint density at radius 3 is 2.18 bits per heavy atom. The molecule has 11 heavy (non-hydrogen) atoms. The molecular weight excluding hydrogens is 158 g/mol. The van der Waals surface area contributed by atoms with Gasteiger partial charge in [0.15, 0.2) is 0 Å². The highest BCUT2D eigenvalue weighted by Gasteiger charge is 2.12. The average molecular weight is 176 g/mol. The minimum Gasteiger partial charge on any atom is -0.298 e. The van der Waals surface area contributed by atoms with Gasteiger partial charge in [-0.05, 0) is 19.9 Å². The normalized spacial score (nSPS) is 14.1. The Balaban J connectivity index is 3.82. The van der Waals surface area contributed by atoms with Crippen LogP contribution < -0.4 is 0 Å². The summed E-state index contributed by atoms with van der Waals surface area (Å²) in [6.07, 6.45) is 0. The van der Waals surface area contributed by atoms with Gasteiger partial charge in [-0.3, -0.25) is 4.90 Å². The van der Waals surface area contributed by atoms with E-state index in [9.17, 15) is 0 Å². The molecule has 1 atom stereocenters. The Morgan fingerprint density at radius 1 is 1.45 bits per heavy atom. The van der Waals surface area contributed by atoms with E-state index in [1.165, 1.54) is 0 Å². The summed E-state index contributed by atoms with van der Waals surface area (Å²) < 4.78 is 0. The van der Waals surface area contributed by atoms with E-state index in [1.54, 1.807) is 0 Å². The standard InChI is InChI=1S/C9H18ClN/c1-7(2)9(4)11(5)6-8(3)10/h7,9H,3,6H2,1-2,4-5H3. The summed E-state index contributed by atoms with van der Waals surface area (Å²) in [5.41, 5.74) is 0. The van der Waals surface area contributed by atoms with Crippen molar-refractivity contribution in [1.29, 1.82) is 0 Å². The van der Waals surface area contributed by atoms with Gasteiger partial charge in [-0.2, -0.15) is 0 Å². The van der Waals surface area contributed by atoms with Crippen LogP contribution in [0.2, 0.25) is 0 Å². The van der Waals surface area contributed by atoms with Crippen molar-refractivity contribution in [3.05, 3.63) is 11.6 Å². The van der Waals surface area contributed by atoms with Crippen molar-refractivity contribution in [1.82, 2.24) is 4.90 Å². The maximum atomic E-state index is 5.69. The Bertz CT molecular complexity index is 132. The van der Waals surface area contributed by atoms with Gasteiger partial charge in [-0.15, -0.1) is 0 Å². The number of hydrogen-bond donors (Lipinski definition) is 0. The highest BCUT2D eigenvalue weighted by atomic mass is 35.5. The number of hydrogen-bond acceptors (Lipinski definition) is 1. The fourth-order valence-electron chi connectivity index (χ4n) is 0.924. The SMILES string of the molecule is C=C(Cl)CN(C)C(C)C(C)C. The first-order chi connectivity index (χ1) is 4.95. The van der Waals surface area contributed by atoms with Crippen LogP contribution in [0.5, 0.6) is 0 Å². The van der Waals surface area contributed by atoms with E-state index < -0.39 is 0 Å². The van der Waals surface area contributed by atoms with E-state index in [0.29, 0.717) is 17.0 Å². The minimum absolute atomic E-state index is 0.561. The number of halogens is 1. The second-order valence-electron chi connectivity index (χ2n) is 3.42. The zero-order valence-corrected chi connectivity index (χ0v) is 8.65. The van der Waals surface area contributed by atoms with Gasteiger partial charge in [-0.1, -0.05) is 32.0 Å². The predicted octanol–water partition coefficient (Wildman–Crippen LogP) is 2.72. The lowest BCUT2D eigenvalue weighted by atomic mass is 10.1. The smallest absolute Gasteiger partial charge is 0.0335 e.